The number of halogens is 1. The number of rotatable bonds is 5. The summed E-state index contributed by atoms with van der Waals surface area (Å²) in [6.45, 7) is 4.12. The van der Waals surface area contributed by atoms with E-state index in [-0.39, 0.29) is 5.82 Å². The molecule has 0 N–H and O–H groups in total. The lowest BCUT2D eigenvalue weighted by Crippen LogP contribution is -1.96. The van der Waals surface area contributed by atoms with Crippen LogP contribution in [-0.2, 0) is 15.3 Å². The van der Waals surface area contributed by atoms with Crippen molar-refractivity contribution in [3.63, 3.8) is 0 Å². The van der Waals surface area contributed by atoms with Gasteiger partial charge in [0, 0.05) is 12.3 Å². The number of hydrogen-bond acceptors (Lipinski definition) is 2. The smallest absolute Gasteiger partial charge is 0.207 e. The SMILES string of the molecule is CCOP(=O)(CC)Cc1ccc(F)cc1. The Morgan fingerprint density at radius 2 is 1.87 bits per heavy atom. The van der Waals surface area contributed by atoms with Crippen molar-refractivity contribution in [2.75, 3.05) is 12.8 Å². The standard InChI is InChI=1S/C11H16FO2P/c1-3-14-15(13,4-2)9-10-5-7-11(12)8-6-10/h5-8H,3-4,9H2,1-2H3. The van der Waals surface area contributed by atoms with Gasteiger partial charge in [-0.2, -0.15) is 0 Å². The third kappa shape index (κ3) is 3.77. The summed E-state index contributed by atoms with van der Waals surface area (Å²) >= 11 is 0. The number of hydrogen-bond donors (Lipinski definition) is 0. The minimum atomic E-state index is -2.56. The fraction of sp³-hybridized carbons (Fsp3) is 0.455. The molecular formula is C11H16FO2P. The molecule has 4 heteroatoms. The summed E-state index contributed by atoms with van der Waals surface area (Å²) in [5.41, 5.74) is 0.857. The van der Waals surface area contributed by atoms with Gasteiger partial charge in [-0.1, -0.05) is 19.1 Å². The minimum Gasteiger partial charge on any atom is -0.329 e. The molecule has 0 aliphatic heterocycles. The van der Waals surface area contributed by atoms with Crippen molar-refractivity contribution in [1.82, 2.24) is 0 Å². The van der Waals surface area contributed by atoms with E-state index in [1.165, 1.54) is 12.1 Å². The van der Waals surface area contributed by atoms with Crippen molar-refractivity contribution in [2.24, 2.45) is 0 Å². The van der Waals surface area contributed by atoms with Crippen LogP contribution in [0.2, 0.25) is 0 Å². The van der Waals surface area contributed by atoms with E-state index in [1.807, 2.05) is 13.8 Å². The third-order valence-electron chi connectivity index (χ3n) is 2.18. The highest BCUT2D eigenvalue weighted by Crippen LogP contribution is 2.49. The monoisotopic (exact) mass is 230 g/mol. The molecule has 15 heavy (non-hydrogen) atoms. The van der Waals surface area contributed by atoms with Crippen molar-refractivity contribution in [3.05, 3.63) is 35.6 Å². The summed E-state index contributed by atoms with van der Waals surface area (Å²) in [4.78, 5) is 0. The summed E-state index contributed by atoms with van der Waals surface area (Å²) < 4.78 is 30.0. The van der Waals surface area contributed by atoms with Crippen LogP contribution in [0, 0.1) is 5.82 Å². The highest BCUT2D eigenvalue weighted by molar-refractivity contribution is 7.58. The second-order valence-corrected chi connectivity index (χ2v) is 6.17. The van der Waals surface area contributed by atoms with Gasteiger partial charge in [-0.05, 0) is 24.6 Å². The Morgan fingerprint density at radius 1 is 1.27 bits per heavy atom. The average Bonchev–Trinajstić information content (AvgIpc) is 2.22. The van der Waals surface area contributed by atoms with Crippen LogP contribution in [0.5, 0.6) is 0 Å². The zero-order valence-electron chi connectivity index (χ0n) is 9.07. The summed E-state index contributed by atoms with van der Waals surface area (Å²) in [7, 11) is -2.56. The Hall–Kier alpha value is -0.660. The molecule has 0 amide bonds. The molecule has 1 aromatic rings. The molecule has 0 saturated heterocycles. The van der Waals surface area contributed by atoms with Crippen molar-refractivity contribution < 1.29 is 13.5 Å². The van der Waals surface area contributed by atoms with Gasteiger partial charge in [0.2, 0.25) is 7.37 Å². The summed E-state index contributed by atoms with van der Waals surface area (Å²) in [6.07, 6.45) is 0.899. The summed E-state index contributed by atoms with van der Waals surface area (Å²) in [5.74, 6) is -0.276. The highest BCUT2D eigenvalue weighted by Gasteiger charge is 2.20. The molecule has 0 aromatic heterocycles. The van der Waals surface area contributed by atoms with E-state index >= 15 is 0 Å². The first-order valence-corrected chi connectivity index (χ1v) is 7.06. The lowest BCUT2D eigenvalue weighted by Gasteiger charge is -2.15. The second kappa shape index (κ2) is 5.43. The molecule has 0 aliphatic carbocycles. The molecule has 1 aromatic carbocycles. The van der Waals surface area contributed by atoms with Gasteiger partial charge >= 0.3 is 0 Å². The normalized spacial score (nSPS) is 14.9. The minimum absolute atomic E-state index is 0.276. The number of benzene rings is 1. The third-order valence-corrected chi connectivity index (χ3v) is 4.72. The predicted molar refractivity (Wildman–Crippen MR) is 59.9 cm³/mol. The Kier molecular flexibility index (Phi) is 4.49. The molecule has 0 heterocycles. The molecule has 0 aliphatic rings. The first kappa shape index (κ1) is 12.4. The quantitative estimate of drug-likeness (QED) is 0.721. The van der Waals surface area contributed by atoms with E-state index in [4.69, 9.17) is 4.52 Å². The largest absolute Gasteiger partial charge is 0.329 e. The lowest BCUT2D eigenvalue weighted by molar-refractivity contribution is 0.333. The van der Waals surface area contributed by atoms with Crippen LogP contribution < -0.4 is 0 Å². The van der Waals surface area contributed by atoms with E-state index < -0.39 is 7.37 Å². The molecule has 0 radical (unpaired) electrons. The Bertz CT molecular complexity index is 348. The topological polar surface area (TPSA) is 26.3 Å². The van der Waals surface area contributed by atoms with Crippen molar-refractivity contribution in [1.29, 1.82) is 0 Å². The summed E-state index contributed by atoms with van der Waals surface area (Å²) in [6, 6.07) is 6.05. The van der Waals surface area contributed by atoms with E-state index in [0.717, 1.165) is 5.56 Å². The Labute approximate surface area is 89.9 Å². The van der Waals surface area contributed by atoms with Crippen LogP contribution in [0.3, 0.4) is 0 Å². The fourth-order valence-electron chi connectivity index (χ4n) is 1.35. The molecular weight excluding hydrogens is 214 g/mol. The van der Waals surface area contributed by atoms with Crippen molar-refractivity contribution >= 4 is 7.37 Å². The van der Waals surface area contributed by atoms with E-state index in [1.54, 1.807) is 12.1 Å². The van der Waals surface area contributed by atoms with Gasteiger partial charge < -0.3 is 4.52 Å². The maximum Gasteiger partial charge on any atom is 0.207 e. The van der Waals surface area contributed by atoms with Gasteiger partial charge in [0.1, 0.15) is 5.82 Å². The van der Waals surface area contributed by atoms with Gasteiger partial charge in [-0.25, -0.2) is 4.39 Å². The lowest BCUT2D eigenvalue weighted by atomic mass is 10.2. The Morgan fingerprint density at radius 3 is 2.33 bits per heavy atom. The van der Waals surface area contributed by atoms with Crippen LogP contribution in [-0.4, -0.2) is 12.8 Å². The molecule has 0 bridgehead atoms. The molecule has 0 saturated carbocycles. The zero-order chi connectivity index (χ0) is 11.3. The van der Waals surface area contributed by atoms with E-state index in [2.05, 4.69) is 0 Å². The van der Waals surface area contributed by atoms with Crippen LogP contribution in [0.4, 0.5) is 4.39 Å². The zero-order valence-corrected chi connectivity index (χ0v) is 9.97. The molecule has 2 nitrogen and oxygen atoms in total. The second-order valence-electron chi connectivity index (χ2n) is 3.33. The molecule has 84 valence electrons. The predicted octanol–water partition coefficient (Wildman–Crippen LogP) is 3.66. The van der Waals surface area contributed by atoms with Crippen LogP contribution in [0.25, 0.3) is 0 Å². The van der Waals surface area contributed by atoms with Crippen molar-refractivity contribution in [2.45, 2.75) is 20.0 Å². The van der Waals surface area contributed by atoms with Gasteiger partial charge in [0.25, 0.3) is 0 Å². The van der Waals surface area contributed by atoms with Crippen LogP contribution >= 0.6 is 7.37 Å². The van der Waals surface area contributed by atoms with Crippen LogP contribution in [0.1, 0.15) is 19.4 Å². The first-order chi connectivity index (χ1) is 7.09. The molecule has 1 rings (SSSR count). The molecule has 0 fully saturated rings. The average molecular weight is 230 g/mol. The fourth-order valence-corrected chi connectivity index (χ4v) is 3.09. The molecule has 1 unspecified atom stereocenters. The Balaban J connectivity index is 2.75. The van der Waals surface area contributed by atoms with Gasteiger partial charge in [-0.3, -0.25) is 4.57 Å². The van der Waals surface area contributed by atoms with Gasteiger partial charge in [-0.15, -0.1) is 0 Å². The molecule has 1 atom stereocenters. The van der Waals surface area contributed by atoms with Crippen molar-refractivity contribution in [3.8, 4) is 0 Å². The maximum absolute atomic E-state index is 12.6. The van der Waals surface area contributed by atoms with Gasteiger partial charge in [0.15, 0.2) is 0 Å². The first-order valence-electron chi connectivity index (χ1n) is 5.06. The van der Waals surface area contributed by atoms with E-state index in [9.17, 15) is 8.96 Å². The van der Waals surface area contributed by atoms with Gasteiger partial charge in [0.05, 0.1) is 6.61 Å². The molecule has 0 spiro atoms. The highest BCUT2D eigenvalue weighted by atomic mass is 31.2. The van der Waals surface area contributed by atoms with E-state index in [0.29, 0.717) is 18.9 Å². The summed E-state index contributed by atoms with van der Waals surface area (Å²) in [5, 5.41) is 0. The maximum atomic E-state index is 12.6. The van der Waals surface area contributed by atoms with Crippen LogP contribution in [0.15, 0.2) is 24.3 Å².